The smallest absolute Gasteiger partial charge is 0.286 e. The monoisotopic (exact) mass is 498 g/mol. The number of alkyl halides is 2. The zero-order valence-corrected chi connectivity index (χ0v) is 21.5. The van der Waals surface area contributed by atoms with Gasteiger partial charge in [0.1, 0.15) is 23.3 Å². The average Bonchev–Trinajstić information content (AvgIpc) is 2.78. The number of rotatable bonds is 13. The van der Waals surface area contributed by atoms with Crippen LogP contribution in [-0.2, 0) is 16.1 Å². The summed E-state index contributed by atoms with van der Waals surface area (Å²) in [4.78, 5) is 8.25. The number of methoxy groups -OCH3 is 1. The van der Waals surface area contributed by atoms with Gasteiger partial charge >= 0.3 is 0 Å². The van der Waals surface area contributed by atoms with Crippen molar-refractivity contribution in [2.45, 2.75) is 66.4 Å². The van der Waals surface area contributed by atoms with Crippen molar-refractivity contribution in [3.63, 3.8) is 0 Å². The third-order valence-corrected chi connectivity index (χ3v) is 5.33. The Kier molecular flexibility index (Phi) is 12.1. The van der Waals surface area contributed by atoms with Gasteiger partial charge in [0.25, 0.3) is 5.92 Å². The lowest BCUT2D eigenvalue weighted by Crippen LogP contribution is -2.19. The Bertz CT molecular complexity index is 963. The number of nitrogens with zero attached hydrogens (tertiary/aromatic N) is 2. The van der Waals surface area contributed by atoms with Gasteiger partial charge in [-0.3, -0.25) is 4.99 Å². The van der Waals surface area contributed by atoms with E-state index in [0.29, 0.717) is 23.6 Å². The largest absolute Gasteiger partial charge is 0.491 e. The molecule has 0 aliphatic rings. The number of allylic oxidation sites excluding steroid dienone is 2. The van der Waals surface area contributed by atoms with E-state index in [1.165, 1.54) is 38.4 Å². The van der Waals surface area contributed by atoms with Gasteiger partial charge in [-0.15, -0.1) is 0 Å². The van der Waals surface area contributed by atoms with Gasteiger partial charge in [0.2, 0.25) is 0 Å². The Hall–Kier alpha value is -2.54. The molecule has 0 bridgehead atoms. The maximum absolute atomic E-state index is 15.0. The zero-order chi connectivity index (χ0) is 25.9. The Morgan fingerprint density at radius 1 is 1.29 bits per heavy atom. The summed E-state index contributed by atoms with van der Waals surface area (Å²) >= 11 is 6.00. The molecule has 0 aliphatic carbocycles. The summed E-state index contributed by atoms with van der Waals surface area (Å²) < 4.78 is 53.7. The van der Waals surface area contributed by atoms with Crippen LogP contribution in [0.25, 0.3) is 0 Å². The number of hydrogen-bond acceptors (Lipinski definition) is 4. The van der Waals surface area contributed by atoms with Crippen LogP contribution in [0.2, 0.25) is 0 Å². The van der Waals surface area contributed by atoms with Crippen molar-refractivity contribution in [3.8, 4) is 0 Å². The topological polar surface area (TPSA) is 43.2 Å². The van der Waals surface area contributed by atoms with Crippen LogP contribution in [-0.4, -0.2) is 23.9 Å². The standard InChI is InChI=1S/C26H34ClF3N2O2/c1-8-11-24(27)31-15-22(33-7)18(5)34-16-19-12-13-20(21(28)14-19)25(17(4)9-2)32-23(10-3)26(6,29)30/h10,12-15,17H,5,8-9,11,16H2,1-4,6-7H3/b22-15+,23-10-,31-24?,32-25?. The number of ether oxygens (including phenoxy) is 2. The molecule has 0 heterocycles. The number of aliphatic imine (C=N–C) groups is 2. The average molecular weight is 499 g/mol. The molecule has 0 fully saturated rings. The van der Waals surface area contributed by atoms with Crippen molar-refractivity contribution in [1.82, 2.24) is 0 Å². The van der Waals surface area contributed by atoms with Gasteiger partial charge in [-0.25, -0.2) is 9.38 Å². The summed E-state index contributed by atoms with van der Waals surface area (Å²) in [5.74, 6) is -3.42. The van der Waals surface area contributed by atoms with E-state index in [-0.39, 0.29) is 35.3 Å². The lowest BCUT2D eigenvalue weighted by atomic mass is 9.94. The van der Waals surface area contributed by atoms with Crippen LogP contribution in [0.4, 0.5) is 13.2 Å². The van der Waals surface area contributed by atoms with Crippen molar-refractivity contribution in [1.29, 1.82) is 0 Å². The molecular weight excluding hydrogens is 465 g/mol. The number of halogens is 4. The Morgan fingerprint density at radius 2 is 1.97 bits per heavy atom. The molecule has 0 saturated carbocycles. The van der Waals surface area contributed by atoms with Gasteiger partial charge in [-0.1, -0.05) is 51.1 Å². The molecule has 1 aromatic carbocycles. The molecule has 0 amide bonds. The second kappa shape index (κ2) is 14.0. The van der Waals surface area contributed by atoms with Gasteiger partial charge < -0.3 is 9.47 Å². The fourth-order valence-corrected chi connectivity index (χ4v) is 3.15. The van der Waals surface area contributed by atoms with Crippen molar-refractivity contribution >= 4 is 22.5 Å². The molecule has 1 aromatic rings. The zero-order valence-electron chi connectivity index (χ0n) is 20.7. The third kappa shape index (κ3) is 9.01. The van der Waals surface area contributed by atoms with E-state index in [4.69, 9.17) is 21.1 Å². The first-order valence-corrected chi connectivity index (χ1v) is 11.6. The van der Waals surface area contributed by atoms with Gasteiger partial charge in [0.15, 0.2) is 11.5 Å². The fourth-order valence-electron chi connectivity index (χ4n) is 2.91. The first-order chi connectivity index (χ1) is 16.0. The van der Waals surface area contributed by atoms with E-state index < -0.39 is 17.4 Å². The fraction of sp³-hybridized carbons (Fsp3) is 0.462. The second-order valence-electron chi connectivity index (χ2n) is 7.85. The highest BCUT2D eigenvalue weighted by molar-refractivity contribution is 6.65. The number of benzene rings is 1. The molecule has 1 atom stereocenters. The molecule has 34 heavy (non-hydrogen) atoms. The summed E-state index contributed by atoms with van der Waals surface area (Å²) in [6, 6.07) is 4.49. The normalized spacial score (nSPS) is 14.8. The van der Waals surface area contributed by atoms with Crippen LogP contribution in [0, 0.1) is 11.7 Å². The van der Waals surface area contributed by atoms with Gasteiger partial charge in [0.05, 0.1) is 19.0 Å². The van der Waals surface area contributed by atoms with Crippen LogP contribution in [0.15, 0.2) is 64.3 Å². The molecule has 0 N–H and O–H groups in total. The van der Waals surface area contributed by atoms with Crippen molar-refractivity contribution in [3.05, 3.63) is 71.2 Å². The van der Waals surface area contributed by atoms with E-state index in [1.54, 1.807) is 6.07 Å². The summed E-state index contributed by atoms with van der Waals surface area (Å²) in [5.41, 5.74) is 0.586. The van der Waals surface area contributed by atoms with Gasteiger partial charge in [-0.2, -0.15) is 8.78 Å². The molecule has 1 rings (SSSR count). The Balaban J connectivity index is 3.12. The highest BCUT2D eigenvalue weighted by Crippen LogP contribution is 2.27. The van der Waals surface area contributed by atoms with Gasteiger partial charge in [-0.05, 0) is 43.4 Å². The molecule has 8 heteroatoms. The Morgan fingerprint density at radius 3 is 2.47 bits per heavy atom. The third-order valence-electron chi connectivity index (χ3n) is 5.04. The van der Waals surface area contributed by atoms with Crippen LogP contribution in [0.1, 0.15) is 65.0 Å². The Labute approximate surface area is 205 Å². The molecule has 1 unspecified atom stereocenters. The van der Waals surface area contributed by atoms with E-state index in [1.807, 2.05) is 20.8 Å². The van der Waals surface area contributed by atoms with Crippen LogP contribution in [0.3, 0.4) is 0 Å². The lowest BCUT2D eigenvalue weighted by molar-refractivity contribution is 0.0619. The molecule has 0 spiro atoms. The molecule has 188 valence electrons. The van der Waals surface area contributed by atoms with E-state index >= 15 is 4.39 Å². The van der Waals surface area contributed by atoms with Crippen molar-refractivity contribution in [2.24, 2.45) is 15.9 Å². The molecular formula is C26H34ClF3N2O2. The minimum Gasteiger partial charge on any atom is -0.491 e. The maximum atomic E-state index is 15.0. The molecule has 0 saturated heterocycles. The summed E-state index contributed by atoms with van der Waals surface area (Å²) in [7, 11) is 1.45. The van der Waals surface area contributed by atoms with Crippen LogP contribution >= 0.6 is 11.6 Å². The predicted molar refractivity (Wildman–Crippen MR) is 134 cm³/mol. The van der Waals surface area contributed by atoms with E-state index in [0.717, 1.165) is 13.3 Å². The van der Waals surface area contributed by atoms with Gasteiger partial charge in [0, 0.05) is 18.9 Å². The first-order valence-electron chi connectivity index (χ1n) is 11.2. The van der Waals surface area contributed by atoms with E-state index in [9.17, 15) is 8.78 Å². The summed E-state index contributed by atoms with van der Waals surface area (Å²) in [6.07, 6.45) is 4.78. The van der Waals surface area contributed by atoms with Crippen molar-refractivity contribution < 1.29 is 22.6 Å². The summed E-state index contributed by atoms with van der Waals surface area (Å²) in [6.45, 7) is 11.8. The maximum Gasteiger partial charge on any atom is 0.286 e. The quantitative estimate of drug-likeness (QED) is 0.156. The molecule has 0 radical (unpaired) electrons. The molecule has 4 nitrogen and oxygen atoms in total. The lowest BCUT2D eigenvalue weighted by Gasteiger charge is -2.18. The SMILES string of the molecule is C=C(OCc1ccc(C(=N/C(=C\C)C(C)(F)F)C(C)CC)c(F)c1)/C(=C\N=C(Cl)CCC)OC. The minimum atomic E-state index is -3.13. The number of hydrogen-bond donors (Lipinski definition) is 0. The van der Waals surface area contributed by atoms with Crippen LogP contribution in [0.5, 0.6) is 0 Å². The summed E-state index contributed by atoms with van der Waals surface area (Å²) in [5, 5.41) is 0.434. The highest BCUT2D eigenvalue weighted by atomic mass is 35.5. The second-order valence-corrected chi connectivity index (χ2v) is 8.28. The molecule has 0 aromatic heterocycles. The van der Waals surface area contributed by atoms with E-state index in [2.05, 4.69) is 16.6 Å². The molecule has 0 aliphatic heterocycles. The minimum absolute atomic E-state index is 0.0199. The predicted octanol–water partition coefficient (Wildman–Crippen LogP) is 8.18. The highest BCUT2D eigenvalue weighted by Gasteiger charge is 2.28. The van der Waals surface area contributed by atoms with Crippen LogP contribution < -0.4 is 0 Å². The first kappa shape index (κ1) is 29.5. The van der Waals surface area contributed by atoms with Crippen molar-refractivity contribution in [2.75, 3.05) is 7.11 Å².